The molecule has 0 radical (unpaired) electrons. The molecule has 0 saturated heterocycles. The normalized spacial score (nSPS) is 13.0. The molecular weight excluding hydrogens is 569 g/mol. The van der Waals surface area contributed by atoms with E-state index < -0.39 is 32.4 Å². The van der Waals surface area contributed by atoms with Crippen molar-refractivity contribution >= 4 is 19.8 Å². The number of phosphoric acid groups is 1. The molecule has 4 N–H and O–H groups in total. The van der Waals surface area contributed by atoms with Gasteiger partial charge >= 0.3 is 19.8 Å². The summed E-state index contributed by atoms with van der Waals surface area (Å²) < 4.78 is 43.2. The van der Waals surface area contributed by atoms with Crippen LogP contribution in [-0.2, 0) is 41.0 Å². The lowest BCUT2D eigenvalue weighted by atomic mass is 10.1. The smallest absolute Gasteiger partial charge is 0.472 e. The van der Waals surface area contributed by atoms with Crippen LogP contribution in [0.15, 0.2) is 72.8 Å². The minimum absolute atomic E-state index is 0.0411. The summed E-state index contributed by atoms with van der Waals surface area (Å²) in [4.78, 5) is 32.4. The van der Waals surface area contributed by atoms with Crippen molar-refractivity contribution in [1.82, 2.24) is 0 Å². The minimum Gasteiger partial charge on any atom is -0.497 e. The van der Waals surface area contributed by atoms with Gasteiger partial charge in [0, 0.05) is 12.8 Å². The lowest BCUT2D eigenvalue weighted by molar-refractivity contribution is -0.143. The zero-order chi connectivity index (χ0) is 30.4. The summed E-state index contributed by atoms with van der Waals surface area (Å²) in [5, 5.41) is 8.67. The molecule has 0 aliphatic carbocycles. The van der Waals surface area contributed by atoms with Crippen LogP contribution in [0.4, 0.5) is 0 Å². The number of ether oxygens (including phenoxy) is 4. The maximum atomic E-state index is 12.2. The largest absolute Gasteiger partial charge is 0.497 e. The van der Waals surface area contributed by atoms with Crippen molar-refractivity contribution < 1.29 is 52.1 Å². The lowest BCUT2D eigenvalue weighted by Gasteiger charge is -2.14. The number of carboxylic acids is 1. The van der Waals surface area contributed by atoms with Crippen molar-refractivity contribution in [3.05, 3.63) is 83.9 Å². The first-order valence-electron chi connectivity index (χ1n) is 13.0. The van der Waals surface area contributed by atoms with E-state index in [9.17, 15) is 19.0 Å². The fourth-order valence-corrected chi connectivity index (χ4v) is 4.29. The fraction of sp³-hybridized carbons (Fsp3) is 0.310. The first-order valence-corrected chi connectivity index (χ1v) is 14.5. The van der Waals surface area contributed by atoms with E-state index in [2.05, 4.69) is 4.52 Å². The third kappa shape index (κ3) is 11.5. The molecule has 0 amide bonds. The Morgan fingerprint density at radius 2 is 1.67 bits per heavy atom. The summed E-state index contributed by atoms with van der Waals surface area (Å²) in [7, 11) is -2.86. The highest BCUT2D eigenvalue weighted by Crippen LogP contribution is 2.43. The van der Waals surface area contributed by atoms with Crippen molar-refractivity contribution in [3.8, 4) is 23.0 Å². The standard InChI is InChI=1S/C29H34NO11P/c1-36-23-11-13-24(14-12-23)41-25-8-4-6-21(18-25)19-38-27-9-3-2-7-22(27)10-15-28(31)37-16-5-17-39-42(34,35)40-20-26(30)29(32)33/h2-4,6-9,11-14,18,26H,5,10,15-17,19-20,30H2,1H3,(H,32,33)(H,34,35)/t26-/m0/s1. The van der Waals surface area contributed by atoms with Crippen LogP contribution in [0.1, 0.15) is 24.0 Å². The van der Waals surface area contributed by atoms with Gasteiger partial charge in [0.05, 0.1) is 26.9 Å². The van der Waals surface area contributed by atoms with E-state index in [1.165, 1.54) is 0 Å². The molecule has 3 aromatic carbocycles. The zero-order valence-corrected chi connectivity index (χ0v) is 23.9. The Labute approximate surface area is 243 Å². The van der Waals surface area contributed by atoms with Gasteiger partial charge in [-0.25, -0.2) is 4.57 Å². The number of carbonyl (C=O) groups is 2. The molecule has 0 aliphatic heterocycles. The van der Waals surface area contributed by atoms with E-state index in [4.69, 9.17) is 34.3 Å². The van der Waals surface area contributed by atoms with E-state index in [-0.39, 0.29) is 26.1 Å². The van der Waals surface area contributed by atoms with E-state index >= 15 is 0 Å². The molecule has 0 aromatic heterocycles. The third-order valence-corrected chi connectivity index (χ3v) is 6.68. The highest BCUT2D eigenvalue weighted by molar-refractivity contribution is 7.47. The third-order valence-electron chi connectivity index (χ3n) is 5.70. The van der Waals surface area contributed by atoms with Crippen LogP contribution in [-0.4, -0.2) is 54.9 Å². The lowest BCUT2D eigenvalue weighted by Crippen LogP contribution is -2.34. The van der Waals surface area contributed by atoms with E-state index in [0.29, 0.717) is 30.3 Å². The number of phosphoric ester groups is 1. The first kappa shape index (κ1) is 32.6. The number of methoxy groups -OCH3 is 1. The summed E-state index contributed by atoms with van der Waals surface area (Å²) >= 11 is 0. The SMILES string of the molecule is COc1ccc(Oc2cccc(COc3ccccc3CCC(=O)OCCCOP(=O)(O)OC[C@H](N)C(=O)O)c2)cc1. The van der Waals surface area contributed by atoms with Crippen molar-refractivity contribution in [1.29, 1.82) is 0 Å². The zero-order valence-electron chi connectivity index (χ0n) is 23.0. The molecule has 226 valence electrons. The molecule has 0 bridgehead atoms. The second-order valence-electron chi connectivity index (χ2n) is 8.94. The molecule has 0 aliphatic rings. The molecule has 42 heavy (non-hydrogen) atoms. The predicted molar refractivity (Wildman–Crippen MR) is 152 cm³/mol. The number of esters is 1. The molecular formula is C29H34NO11P. The van der Waals surface area contributed by atoms with Crippen LogP contribution >= 0.6 is 7.82 Å². The summed E-state index contributed by atoms with van der Waals surface area (Å²) in [5.41, 5.74) is 6.94. The first-order chi connectivity index (χ1) is 20.1. The van der Waals surface area contributed by atoms with Crippen LogP contribution in [0, 0.1) is 0 Å². The Balaban J connectivity index is 1.40. The van der Waals surface area contributed by atoms with Gasteiger partial charge in [-0.05, 0) is 60.0 Å². The van der Waals surface area contributed by atoms with E-state index in [0.717, 1.165) is 16.9 Å². The average molecular weight is 604 g/mol. The minimum atomic E-state index is -4.47. The second kappa shape index (κ2) is 16.5. The van der Waals surface area contributed by atoms with Crippen molar-refractivity contribution in [2.45, 2.75) is 31.9 Å². The number of aliphatic carboxylic acids is 1. The number of hydrogen-bond acceptors (Lipinski definition) is 10. The number of carboxylic acid groups (broad SMARTS) is 1. The summed E-state index contributed by atoms with van der Waals surface area (Å²) in [6, 6.07) is 20.8. The second-order valence-corrected chi connectivity index (χ2v) is 10.4. The molecule has 0 saturated carbocycles. The van der Waals surface area contributed by atoms with Gasteiger partial charge in [0.2, 0.25) is 0 Å². The predicted octanol–water partition coefficient (Wildman–Crippen LogP) is 4.48. The van der Waals surface area contributed by atoms with Gasteiger partial charge in [0.25, 0.3) is 0 Å². The molecule has 0 heterocycles. The maximum Gasteiger partial charge on any atom is 0.472 e. The molecule has 2 atom stereocenters. The number of benzene rings is 3. The van der Waals surface area contributed by atoms with Crippen LogP contribution < -0.4 is 19.9 Å². The van der Waals surface area contributed by atoms with Crippen molar-refractivity contribution in [2.24, 2.45) is 5.73 Å². The van der Waals surface area contributed by atoms with Gasteiger partial charge in [-0.15, -0.1) is 0 Å². The number of para-hydroxylation sites is 1. The monoisotopic (exact) mass is 603 g/mol. The fourth-order valence-electron chi connectivity index (χ4n) is 3.51. The molecule has 3 aromatic rings. The number of carbonyl (C=O) groups excluding carboxylic acids is 1. The Morgan fingerprint density at radius 3 is 2.40 bits per heavy atom. The van der Waals surface area contributed by atoms with Gasteiger partial charge in [-0.2, -0.15) is 0 Å². The van der Waals surface area contributed by atoms with E-state index in [1.807, 2.05) is 72.8 Å². The molecule has 1 unspecified atom stereocenters. The molecule has 13 heteroatoms. The number of aryl methyl sites for hydroxylation is 1. The topological polar surface area (TPSA) is 173 Å². The number of hydrogen-bond donors (Lipinski definition) is 3. The molecule has 12 nitrogen and oxygen atoms in total. The van der Waals surface area contributed by atoms with Crippen LogP contribution in [0.25, 0.3) is 0 Å². The highest BCUT2D eigenvalue weighted by atomic mass is 31.2. The molecule has 0 spiro atoms. The van der Waals surface area contributed by atoms with Gasteiger partial charge in [0.1, 0.15) is 35.6 Å². The van der Waals surface area contributed by atoms with Crippen LogP contribution in [0.5, 0.6) is 23.0 Å². The van der Waals surface area contributed by atoms with Gasteiger partial charge < -0.3 is 34.7 Å². The Bertz CT molecular complexity index is 1350. The number of rotatable bonds is 18. The Morgan fingerprint density at radius 1 is 0.929 bits per heavy atom. The highest BCUT2D eigenvalue weighted by Gasteiger charge is 2.24. The Kier molecular flexibility index (Phi) is 12.8. The maximum absolute atomic E-state index is 12.2. The van der Waals surface area contributed by atoms with Crippen LogP contribution in [0.2, 0.25) is 0 Å². The van der Waals surface area contributed by atoms with Gasteiger partial charge in [-0.3, -0.25) is 18.6 Å². The van der Waals surface area contributed by atoms with Crippen molar-refractivity contribution in [3.63, 3.8) is 0 Å². The Hall–Kier alpha value is -3.93. The summed E-state index contributed by atoms with van der Waals surface area (Å²) in [5.74, 6) is 0.896. The van der Waals surface area contributed by atoms with Gasteiger partial charge in [-0.1, -0.05) is 30.3 Å². The van der Waals surface area contributed by atoms with Gasteiger partial charge in [0.15, 0.2) is 0 Å². The van der Waals surface area contributed by atoms with E-state index in [1.54, 1.807) is 7.11 Å². The van der Waals surface area contributed by atoms with Crippen molar-refractivity contribution in [2.75, 3.05) is 26.9 Å². The summed E-state index contributed by atoms with van der Waals surface area (Å²) in [6.07, 6.45) is 0.613. The number of nitrogens with two attached hydrogens (primary N) is 1. The molecule has 0 fully saturated rings. The quantitative estimate of drug-likeness (QED) is 0.106. The summed E-state index contributed by atoms with van der Waals surface area (Å²) in [6.45, 7) is -0.677. The van der Waals surface area contributed by atoms with Crippen LogP contribution in [0.3, 0.4) is 0 Å². The molecule has 3 rings (SSSR count). The average Bonchev–Trinajstić information content (AvgIpc) is 2.98.